The Morgan fingerprint density at radius 1 is 1.17 bits per heavy atom. The van der Waals surface area contributed by atoms with Gasteiger partial charge in [0.2, 0.25) is 0 Å². The lowest BCUT2D eigenvalue weighted by Crippen LogP contribution is -2.27. The lowest BCUT2D eigenvalue weighted by Gasteiger charge is -2.29. The Morgan fingerprint density at radius 3 is 2.66 bits per heavy atom. The first kappa shape index (κ1) is 21.7. The molecule has 2 aromatic carbocycles. The fourth-order valence-electron chi connectivity index (χ4n) is 3.72. The molecule has 8 heteroatoms. The number of thioether (sulfide) groups is 1. The lowest BCUT2D eigenvalue weighted by atomic mass is 9.88. The number of ether oxygens (including phenoxy) is 1. The minimum absolute atomic E-state index is 0.0157. The Kier molecular flexibility index (Phi) is 7.61. The van der Waals surface area contributed by atoms with Gasteiger partial charge in [0.1, 0.15) is 0 Å². The van der Waals surface area contributed by atoms with E-state index in [9.17, 15) is 8.42 Å². The van der Waals surface area contributed by atoms with Crippen LogP contribution in [0.3, 0.4) is 0 Å². The smallest absolute Gasteiger partial charge is 0.178 e. The Morgan fingerprint density at radius 2 is 1.93 bits per heavy atom. The second-order valence-electron chi connectivity index (χ2n) is 7.24. The van der Waals surface area contributed by atoms with Gasteiger partial charge >= 0.3 is 0 Å². The Balaban J connectivity index is 1.59. The molecule has 6 nitrogen and oxygen atoms in total. The highest BCUT2D eigenvalue weighted by Crippen LogP contribution is 2.31. The first-order valence-corrected chi connectivity index (χ1v) is 12.5. The van der Waals surface area contributed by atoms with Crippen molar-refractivity contribution in [3.05, 3.63) is 64.5 Å². The van der Waals surface area contributed by atoms with E-state index in [1.165, 1.54) is 0 Å². The SMILES string of the molecule is CSc1ccc(S(=O)(=O)CC2CCCC(OCc3ccccc3N=[N+]=[N-])C2)cc1. The molecule has 0 spiro atoms. The van der Waals surface area contributed by atoms with Gasteiger partial charge in [-0.2, -0.15) is 0 Å². The van der Waals surface area contributed by atoms with Crippen molar-refractivity contribution < 1.29 is 13.2 Å². The van der Waals surface area contributed by atoms with Gasteiger partial charge in [-0.25, -0.2) is 8.42 Å². The predicted molar refractivity (Wildman–Crippen MR) is 116 cm³/mol. The summed E-state index contributed by atoms with van der Waals surface area (Å²) in [7, 11) is -3.31. The molecule has 1 saturated carbocycles. The van der Waals surface area contributed by atoms with Crippen LogP contribution in [-0.4, -0.2) is 26.5 Å². The standard InChI is InChI=1S/C21H25N3O3S2/c1-28-19-9-11-20(12-10-19)29(25,26)15-16-5-4-7-18(13-16)27-14-17-6-2-3-8-21(17)23-24-22/h2-3,6,8-12,16,18H,4-5,7,13-15H2,1H3. The third-order valence-corrected chi connectivity index (χ3v) is 7.87. The summed E-state index contributed by atoms with van der Waals surface area (Å²) in [5.74, 6) is 0.243. The summed E-state index contributed by atoms with van der Waals surface area (Å²) in [5, 5.41) is 3.70. The van der Waals surface area contributed by atoms with Gasteiger partial charge in [0.05, 0.1) is 23.4 Å². The average Bonchev–Trinajstić information content (AvgIpc) is 2.73. The van der Waals surface area contributed by atoms with Crippen LogP contribution in [0.25, 0.3) is 10.4 Å². The van der Waals surface area contributed by atoms with Gasteiger partial charge in [0.25, 0.3) is 0 Å². The van der Waals surface area contributed by atoms with E-state index in [1.54, 1.807) is 30.0 Å². The van der Waals surface area contributed by atoms with E-state index in [2.05, 4.69) is 10.0 Å². The van der Waals surface area contributed by atoms with Crippen LogP contribution in [0.4, 0.5) is 5.69 Å². The highest BCUT2D eigenvalue weighted by Gasteiger charge is 2.28. The van der Waals surface area contributed by atoms with Crippen molar-refractivity contribution in [2.75, 3.05) is 12.0 Å². The van der Waals surface area contributed by atoms with Crippen molar-refractivity contribution in [3.63, 3.8) is 0 Å². The highest BCUT2D eigenvalue weighted by atomic mass is 32.2. The van der Waals surface area contributed by atoms with Crippen LogP contribution in [-0.2, 0) is 21.2 Å². The van der Waals surface area contributed by atoms with Crippen LogP contribution in [0, 0.1) is 5.92 Å². The van der Waals surface area contributed by atoms with Gasteiger partial charge in [0.15, 0.2) is 9.84 Å². The molecule has 1 aliphatic carbocycles. The first-order chi connectivity index (χ1) is 14.0. The van der Waals surface area contributed by atoms with Crippen molar-refractivity contribution >= 4 is 27.3 Å². The quantitative estimate of drug-likeness (QED) is 0.225. The van der Waals surface area contributed by atoms with Gasteiger partial charge in [0, 0.05) is 15.5 Å². The molecular formula is C21H25N3O3S2. The molecule has 2 aromatic rings. The van der Waals surface area contributed by atoms with Crippen molar-refractivity contribution in [2.45, 2.75) is 48.2 Å². The van der Waals surface area contributed by atoms with Gasteiger partial charge in [-0.15, -0.1) is 11.8 Å². The molecule has 1 aliphatic rings. The summed E-state index contributed by atoms with van der Waals surface area (Å²) in [5.41, 5.74) is 10.1. The fourth-order valence-corrected chi connectivity index (χ4v) is 5.80. The summed E-state index contributed by atoms with van der Waals surface area (Å²) in [6, 6.07) is 14.4. The maximum atomic E-state index is 12.8. The molecule has 0 aromatic heterocycles. The van der Waals surface area contributed by atoms with E-state index in [0.717, 1.165) is 36.1 Å². The molecule has 2 atom stereocenters. The maximum absolute atomic E-state index is 12.8. The van der Waals surface area contributed by atoms with Crippen molar-refractivity contribution in [3.8, 4) is 0 Å². The number of azide groups is 1. The van der Waals surface area contributed by atoms with Gasteiger partial charge in [-0.05, 0) is 66.8 Å². The van der Waals surface area contributed by atoms with Crippen molar-refractivity contribution in [1.82, 2.24) is 0 Å². The number of benzene rings is 2. The summed E-state index contributed by atoms with van der Waals surface area (Å²) in [6.07, 6.45) is 5.48. The lowest BCUT2D eigenvalue weighted by molar-refractivity contribution is 0.00528. The van der Waals surface area contributed by atoms with Crippen LogP contribution >= 0.6 is 11.8 Å². The predicted octanol–water partition coefficient (Wildman–Crippen LogP) is 5.90. The molecular weight excluding hydrogens is 406 g/mol. The van der Waals surface area contributed by atoms with Crippen LogP contribution in [0.15, 0.2) is 63.4 Å². The summed E-state index contributed by atoms with van der Waals surface area (Å²) < 4.78 is 31.7. The number of sulfone groups is 1. The number of hydrogen-bond donors (Lipinski definition) is 0. The molecule has 3 rings (SSSR count). The van der Waals surface area contributed by atoms with Gasteiger partial charge in [-0.1, -0.05) is 35.8 Å². The summed E-state index contributed by atoms with van der Waals surface area (Å²) in [4.78, 5) is 4.30. The molecule has 0 heterocycles. The molecule has 0 N–H and O–H groups in total. The van der Waals surface area contributed by atoms with E-state index in [1.807, 2.05) is 36.6 Å². The molecule has 1 fully saturated rings. The van der Waals surface area contributed by atoms with E-state index in [4.69, 9.17) is 10.3 Å². The maximum Gasteiger partial charge on any atom is 0.178 e. The Bertz CT molecular complexity index is 971. The van der Waals surface area contributed by atoms with Crippen molar-refractivity contribution in [2.24, 2.45) is 11.0 Å². The minimum Gasteiger partial charge on any atom is -0.374 e. The Hall–Kier alpha value is -1.99. The molecule has 0 aliphatic heterocycles. The van der Waals surface area contributed by atoms with Crippen molar-refractivity contribution in [1.29, 1.82) is 0 Å². The number of rotatable bonds is 8. The molecule has 0 bridgehead atoms. The molecule has 154 valence electrons. The molecule has 0 amide bonds. The third kappa shape index (κ3) is 6.00. The third-order valence-electron chi connectivity index (χ3n) is 5.23. The highest BCUT2D eigenvalue weighted by molar-refractivity contribution is 7.98. The second-order valence-corrected chi connectivity index (χ2v) is 10.2. The zero-order valence-corrected chi connectivity index (χ0v) is 18.0. The Labute approximate surface area is 176 Å². The fraction of sp³-hybridized carbons (Fsp3) is 0.429. The molecule has 2 unspecified atom stereocenters. The second kappa shape index (κ2) is 10.2. The summed E-state index contributed by atoms with van der Waals surface area (Å²) in [6.45, 7) is 0.357. The minimum atomic E-state index is -3.31. The number of nitrogens with zero attached hydrogens (tertiary/aromatic N) is 3. The van der Waals surface area contributed by atoms with E-state index in [0.29, 0.717) is 17.2 Å². The monoisotopic (exact) mass is 431 g/mol. The topological polar surface area (TPSA) is 92.1 Å². The van der Waals surface area contributed by atoms with E-state index >= 15 is 0 Å². The average molecular weight is 432 g/mol. The van der Waals surface area contributed by atoms with E-state index < -0.39 is 9.84 Å². The normalized spacial score (nSPS) is 19.5. The van der Waals surface area contributed by atoms with Crippen LogP contribution in [0.2, 0.25) is 0 Å². The summed E-state index contributed by atoms with van der Waals surface area (Å²) >= 11 is 1.59. The van der Waals surface area contributed by atoms with Crippen LogP contribution in [0.1, 0.15) is 31.2 Å². The molecule has 0 radical (unpaired) electrons. The molecule has 0 saturated heterocycles. The van der Waals surface area contributed by atoms with E-state index in [-0.39, 0.29) is 17.8 Å². The van der Waals surface area contributed by atoms with Crippen LogP contribution < -0.4 is 0 Å². The van der Waals surface area contributed by atoms with Gasteiger partial charge < -0.3 is 4.74 Å². The number of hydrogen-bond acceptors (Lipinski definition) is 5. The van der Waals surface area contributed by atoms with Gasteiger partial charge in [-0.3, -0.25) is 0 Å². The zero-order valence-electron chi connectivity index (χ0n) is 16.4. The first-order valence-electron chi connectivity index (χ1n) is 9.63. The zero-order chi connectivity index (χ0) is 20.7. The van der Waals surface area contributed by atoms with Crippen LogP contribution in [0.5, 0.6) is 0 Å². The molecule has 29 heavy (non-hydrogen) atoms. The largest absolute Gasteiger partial charge is 0.374 e.